The van der Waals surface area contributed by atoms with Crippen LogP contribution in [0, 0.1) is 17.2 Å². The molecule has 2 rings (SSSR count). The number of halogens is 1. The third-order valence-corrected chi connectivity index (χ3v) is 4.75. The number of methoxy groups -OCH3 is 1. The number of aromatic nitrogens is 1. The third kappa shape index (κ3) is 4.76. The van der Waals surface area contributed by atoms with Gasteiger partial charge in [0, 0.05) is 34.7 Å². The summed E-state index contributed by atoms with van der Waals surface area (Å²) in [6.07, 6.45) is 4.64. The molecule has 1 aromatic carbocycles. The molecular formula is C22H22ClN3O3. The fraction of sp³-hybridized carbons (Fsp3) is 0.227. The van der Waals surface area contributed by atoms with E-state index in [2.05, 4.69) is 24.5 Å². The molecule has 0 saturated heterocycles. The molecule has 1 N–H and O–H groups in total. The van der Waals surface area contributed by atoms with E-state index in [1.54, 1.807) is 37.3 Å². The number of allylic oxidation sites excluding steroid dienone is 1. The monoisotopic (exact) mass is 411 g/mol. The summed E-state index contributed by atoms with van der Waals surface area (Å²) in [6, 6.07) is 7.39. The normalized spacial score (nSPS) is 12.3. The van der Waals surface area contributed by atoms with Crippen molar-refractivity contribution in [2.45, 2.75) is 13.0 Å². The van der Waals surface area contributed by atoms with Crippen molar-refractivity contribution in [3.05, 3.63) is 76.7 Å². The van der Waals surface area contributed by atoms with Crippen molar-refractivity contribution in [1.82, 2.24) is 9.88 Å². The molecule has 2 unspecified atom stereocenters. The fourth-order valence-electron chi connectivity index (χ4n) is 2.98. The van der Waals surface area contributed by atoms with Gasteiger partial charge >= 0.3 is 0 Å². The van der Waals surface area contributed by atoms with Crippen LogP contribution in [0.2, 0.25) is 5.02 Å². The van der Waals surface area contributed by atoms with E-state index < -0.39 is 11.6 Å². The second-order valence-electron chi connectivity index (χ2n) is 6.38. The van der Waals surface area contributed by atoms with E-state index in [0.717, 1.165) is 0 Å². The van der Waals surface area contributed by atoms with E-state index in [4.69, 9.17) is 16.3 Å². The fourth-order valence-corrected chi connectivity index (χ4v) is 3.15. The van der Waals surface area contributed by atoms with Crippen LogP contribution in [0.1, 0.15) is 18.5 Å². The Hall–Kier alpha value is -3.30. The summed E-state index contributed by atoms with van der Waals surface area (Å²) in [7, 11) is 1.45. The number of pyridine rings is 1. The van der Waals surface area contributed by atoms with Crippen LogP contribution in [-0.4, -0.2) is 24.1 Å². The maximum Gasteiger partial charge on any atom is 0.252 e. The zero-order valence-electron chi connectivity index (χ0n) is 16.3. The Morgan fingerprint density at radius 2 is 2.10 bits per heavy atom. The summed E-state index contributed by atoms with van der Waals surface area (Å²) in [6.45, 7) is 9.39. The lowest BCUT2D eigenvalue weighted by molar-refractivity contribution is -0.125. The van der Waals surface area contributed by atoms with Gasteiger partial charge in [0.15, 0.2) is 0 Å². The van der Waals surface area contributed by atoms with Gasteiger partial charge in [-0.3, -0.25) is 14.2 Å². The Morgan fingerprint density at radius 3 is 2.69 bits per heavy atom. The van der Waals surface area contributed by atoms with Crippen molar-refractivity contribution < 1.29 is 9.53 Å². The number of nitriles is 1. The quantitative estimate of drug-likeness (QED) is 0.671. The minimum Gasteiger partial charge on any atom is -0.495 e. The lowest BCUT2D eigenvalue weighted by Crippen LogP contribution is -2.40. The number of hydrogen-bond donors (Lipinski definition) is 1. The maximum absolute atomic E-state index is 13.0. The van der Waals surface area contributed by atoms with E-state index in [1.807, 2.05) is 0 Å². The van der Waals surface area contributed by atoms with E-state index >= 15 is 0 Å². The molecule has 0 aliphatic rings. The Labute approximate surface area is 174 Å². The Morgan fingerprint density at radius 1 is 1.38 bits per heavy atom. The van der Waals surface area contributed by atoms with Crippen LogP contribution < -0.4 is 15.6 Å². The van der Waals surface area contributed by atoms with Gasteiger partial charge in [0.1, 0.15) is 11.8 Å². The second kappa shape index (κ2) is 9.76. The Bertz CT molecular complexity index is 1040. The predicted octanol–water partition coefficient (Wildman–Crippen LogP) is 3.71. The van der Waals surface area contributed by atoms with Gasteiger partial charge in [-0.05, 0) is 18.2 Å². The molecular weight excluding hydrogens is 390 g/mol. The zero-order chi connectivity index (χ0) is 21.6. The highest BCUT2D eigenvalue weighted by Gasteiger charge is 2.27. The first-order valence-electron chi connectivity index (χ1n) is 8.89. The first-order chi connectivity index (χ1) is 13.9. The van der Waals surface area contributed by atoms with Crippen LogP contribution in [0.4, 0.5) is 0 Å². The Kier molecular flexibility index (Phi) is 7.40. The minimum absolute atomic E-state index is 0.275. The van der Waals surface area contributed by atoms with Crippen molar-refractivity contribution in [3.8, 4) is 22.9 Å². The van der Waals surface area contributed by atoms with Crippen LogP contribution in [-0.2, 0) is 4.79 Å². The first-order valence-corrected chi connectivity index (χ1v) is 9.27. The molecule has 0 radical (unpaired) electrons. The molecule has 29 heavy (non-hydrogen) atoms. The van der Waals surface area contributed by atoms with Gasteiger partial charge in [0.2, 0.25) is 5.91 Å². The van der Waals surface area contributed by atoms with Gasteiger partial charge in [-0.15, -0.1) is 13.2 Å². The van der Waals surface area contributed by atoms with Gasteiger partial charge in [-0.2, -0.15) is 5.26 Å². The molecule has 7 heteroatoms. The molecule has 1 aromatic heterocycles. The number of hydrogen-bond acceptors (Lipinski definition) is 4. The number of ether oxygens (including phenoxy) is 1. The zero-order valence-corrected chi connectivity index (χ0v) is 17.1. The van der Waals surface area contributed by atoms with Crippen LogP contribution in [0.3, 0.4) is 0 Å². The molecule has 6 nitrogen and oxygen atoms in total. The number of carbonyl (C=O) groups excluding carboxylic acids is 1. The highest BCUT2D eigenvalue weighted by atomic mass is 35.5. The number of amides is 1. The molecule has 1 heterocycles. The summed E-state index contributed by atoms with van der Waals surface area (Å²) in [5.41, 5.74) is 0.830. The summed E-state index contributed by atoms with van der Waals surface area (Å²) in [5.74, 6) is -0.329. The molecule has 0 aliphatic heterocycles. The van der Waals surface area contributed by atoms with Crippen LogP contribution in [0.25, 0.3) is 11.1 Å². The smallest absolute Gasteiger partial charge is 0.252 e. The number of benzene rings is 1. The first kappa shape index (κ1) is 22.0. The molecule has 2 aromatic rings. The molecule has 0 saturated carbocycles. The molecule has 0 spiro atoms. The van der Waals surface area contributed by atoms with Crippen molar-refractivity contribution in [2.24, 2.45) is 5.92 Å². The average Bonchev–Trinajstić information content (AvgIpc) is 2.72. The number of nitrogens with one attached hydrogen (secondary N) is 1. The van der Waals surface area contributed by atoms with Gasteiger partial charge in [-0.25, -0.2) is 0 Å². The van der Waals surface area contributed by atoms with E-state index in [9.17, 15) is 14.9 Å². The van der Waals surface area contributed by atoms with Crippen molar-refractivity contribution in [2.75, 3.05) is 13.7 Å². The van der Waals surface area contributed by atoms with Gasteiger partial charge < -0.3 is 10.1 Å². The Balaban J connectivity index is 2.68. The summed E-state index contributed by atoms with van der Waals surface area (Å²) in [4.78, 5) is 25.7. The number of rotatable bonds is 8. The lowest BCUT2D eigenvalue weighted by Gasteiger charge is -2.24. The van der Waals surface area contributed by atoms with Crippen molar-refractivity contribution in [3.63, 3.8) is 0 Å². The third-order valence-electron chi connectivity index (χ3n) is 4.52. The van der Waals surface area contributed by atoms with E-state index in [1.165, 1.54) is 23.9 Å². The molecule has 0 fully saturated rings. The van der Waals surface area contributed by atoms with Gasteiger partial charge in [0.25, 0.3) is 5.56 Å². The largest absolute Gasteiger partial charge is 0.495 e. The number of nitrogens with zero attached hydrogens (tertiary/aromatic N) is 2. The molecule has 2 atom stereocenters. The molecule has 1 amide bonds. The standard InChI is InChI=1S/C22H22ClN3O3/c1-5-9-25-22(28)21(14(3)6-2)26-13-19(29-4)18(11-20(26)27)17-10-16(23)8-7-15(17)12-24/h5-8,10-11,13-14,21H,1-2,9H2,3-4H3,(H,25,28). The van der Waals surface area contributed by atoms with Crippen molar-refractivity contribution >= 4 is 17.5 Å². The summed E-state index contributed by atoms with van der Waals surface area (Å²) >= 11 is 6.09. The molecule has 150 valence electrons. The average molecular weight is 412 g/mol. The van der Waals surface area contributed by atoms with Crippen molar-refractivity contribution in [1.29, 1.82) is 5.26 Å². The van der Waals surface area contributed by atoms with E-state index in [-0.39, 0.29) is 18.4 Å². The van der Waals surface area contributed by atoms with Crippen LogP contribution in [0.15, 0.2) is 60.6 Å². The van der Waals surface area contributed by atoms with Crippen LogP contribution in [0.5, 0.6) is 5.75 Å². The highest BCUT2D eigenvalue weighted by Crippen LogP contribution is 2.33. The molecule has 0 bridgehead atoms. The van der Waals surface area contributed by atoms with Gasteiger partial charge in [0.05, 0.1) is 24.9 Å². The van der Waals surface area contributed by atoms with Crippen LogP contribution >= 0.6 is 11.6 Å². The topological polar surface area (TPSA) is 84.1 Å². The second-order valence-corrected chi connectivity index (χ2v) is 6.81. The van der Waals surface area contributed by atoms with Gasteiger partial charge in [-0.1, -0.05) is 30.7 Å². The summed E-state index contributed by atoms with van der Waals surface area (Å²) in [5, 5.41) is 12.6. The highest BCUT2D eigenvalue weighted by molar-refractivity contribution is 6.31. The van der Waals surface area contributed by atoms with E-state index in [0.29, 0.717) is 27.5 Å². The SMILES string of the molecule is C=CCNC(=O)C(C(C)C=C)n1cc(OC)c(-c2cc(Cl)ccc2C#N)cc1=O. The predicted molar refractivity (Wildman–Crippen MR) is 114 cm³/mol. The summed E-state index contributed by atoms with van der Waals surface area (Å²) < 4.78 is 6.78. The lowest BCUT2D eigenvalue weighted by atomic mass is 9.98. The molecule has 0 aliphatic carbocycles. The minimum atomic E-state index is -0.822. The maximum atomic E-state index is 13.0. The number of carbonyl (C=O) groups is 1.